The zero-order valence-corrected chi connectivity index (χ0v) is 20.6. The van der Waals surface area contributed by atoms with Gasteiger partial charge in [-0.2, -0.15) is 9.61 Å². The number of nitrogens with one attached hydrogen (secondary N) is 1. The van der Waals surface area contributed by atoms with Crippen molar-refractivity contribution in [3.05, 3.63) is 53.2 Å². The van der Waals surface area contributed by atoms with Crippen LogP contribution in [-0.2, 0) is 15.6 Å². The number of carbonyl (C=O) groups excluding carboxylic acids is 1. The van der Waals surface area contributed by atoms with E-state index in [0.29, 0.717) is 55.2 Å². The molecule has 1 amide bonds. The number of hydrogen-bond acceptors (Lipinski definition) is 7. The fraction of sp³-hybridized carbons (Fsp3) is 0.435. The largest absolute Gasteiger partial charge is 0.386 e. The van der Waals surface area contributed by atoms with Gasteiger partial charge in [0.15, 0.2) is 5.65 Å². The van der Waals surface area contributed by atoms with Crippen LogP contribution in [0.1, 0.15) is 41.9 Å². The quantitative estimate of drug-likeness (QED) is 0.566. The van der Waals surface area contributed by atoms with Crippen LogP contribution in [0.4, 0.5) is 11.6 Å². The predicted molar refractivity (Wildman–Crippen MR) is 131 cm³/mol. The molecule has 2 N–H and O–H groups in total. The lowest BCUT2D eigenvalue weighted by Crippen LogP contribution is -2.35. The number of nitrogens with zero attached hydrogens (tertiary/aromatic N) is 5. The smallest absolute Gasteiger partial charge is 0.256 e. The summed E-state index contributed by atoms with van der Waals surface area (Å²) in [6, 6.07) is 10.4. The molecule has 10 nitrogen and oxygen atoms in total. The van der Waals surface area contributed by atoms with Crippen molar-refractivity contribution in [2.24, 2.45) is 0 Å². The average Bonchev–Trinajstić information content (AvgIpc) is 2.95. The Hall–Kier alpha value is -3.02. The van der Waals surface area contributed by atoms with Gasteiger partial charge in [0.2, 0.25) is 10.0 Å². The van der Waals surface area contributed by atoms with Crippen LogP contribution in [0.2, 0.25) is 0 Å². The van der Waals surface area contributed by atoms with Crippen molar-refractivity contribution in [3.8, 4) is 0 Å². The molecule has 0 unspecified atom stereocenters. The highest BCUT2D eigenvalue weighted by Gasteiger charge is 2.24. The molecule has 0 atom stereocenters. The van der Waals surface area contributed by atoms with Gasteiger partial charge in [0.1, 0.15) is 11.6 Å². The molecule has 2 aromatic heterocycles. The Kier molecular flexibility index (Phi) is 6.36. The summed E-state index contributed by atoms with van der Waals surface area (Å²) in [7, 11) is -3.26. The molecular weight excluding hydrogens is 456 g/mol. The summed E-state index contributed by atoms with van der Waals surface area (Å²) in [6.45, 7) is 7.23. The highest BCUT2D eigenvalue weighted by atomic mass is 32.2. The molecule has 0 radical (unpaired) electrons. The number of amides is 1. The second-order valence-electron chi connectivity index (χ2n) is 9.15. The van der Waals surface area contributed by atoms with E-state index in [1.165, 1.54) is 10.6 Å². The van der Waals surface area contributed by atoms with Gasteiger partial charge in [0, 0.05) is 43.9 Å². The van der Waals surface area contributed by atoms with Crippen LogP contribution >= 0.6 is 0 Å². The number of sulfonamides is 1. The van der Waals surface area contributed by atoms with E-state index < -0.39 is 15.6 Å². The maximum absolute atomic E-state index is 12.9. The van der Waals surface area contributed by atoms with Crippen LogP contribution in [0, 0.1) is 6.92 Å². The zero-order valence-electron chi connectivity index (χ0n) is 19.8. The minimum absolute atomic E-state index is 0.319. The first-order valence-corrected chi connectivity index (χ1v) is 13.0. The number of carbonyl (C=O) groups is 1. The highest BCUT2D eigenvalue weighted by Crippen LogP contribution is 2.24. The van der Waals surface area contributed by atoms with Crippen molar-refractivity contribution in [2.45, 2.75) is 32.8 Å². The number of aryl methyl sites for hydroxylation is 1. The zero-order chi connectivity index (χ0) is 24.7. The molecule has 11 heteroatoms. The van der Waals surface area contributed by atoms with Gasteiger partial charge >= 0.3 is 0 Å². The molecular formula is C23H30N6O4S. The van der Waals surface area contributed by atoms with Crippen molar-refractivity contribution >= 4 is 33.2 Å². The van der Waals surface area contributed by atoms with Gasteiger partial charge in [0.25, 0.3) is 5.91 Å². The summed E-state index contributed by atoms with van der Waals surface area (Å²) in [5.74, 6) is 0.796. The molecule has 182 valence electrons. The number of aromatic nitrogens is 3. The van der Waals surface area contributed by atoms with E-state index >= 15 is 0 Å². The number of aliphatic hydroxyl groups is 1. The molecule has 3 heterocycles. The predicted octanol–water partition coefficient (Wildman–Crippen LogP) is 1.99. The molecule has 3 aromatic rings. The third-order valence-corrected chi connectivity index (χ3v) is 7.18. The number of benzene rings is 1. The maximum Gasteiger partial charge on any atom is 0.256 e. The van der Waals surface area contributed by atoms with Gasteiger partial charge in [-0.15, -0.1) is 0 Å². The Balaban J connectivity index is 1.62. The van der Waals surface area contributed by atoms with E-state index in [1.807, 2.05) is 13.0 Å². The minimum Gasteiger partial charge on any atom is -0.386 e. The average molecular weight is 487 g/mol. The lowest BCUT2D eigenvalue weighted by atomic mass is 9.97. The molecule has 0 aliphatic carbocycles. The summed E-state index contributed by atoms with van der Waals surface area (Å²) < 4.78 is 27.2. The third kappa shape index (κ3) is 5.21. The van der Waals surface area contributed by atoms with Crippen LogP contribution in [0.25, 0.3) is 5.65 Å². The first kappa shape index (κ1) is 24.1. The molecule has 1 fully saturated rings. The van der Waals surface area contributed by atoms with E-state index in [-0.39, 0.29) is 5.91 Å². The Labute approximate surface area is 199 Å². The van der Waals surface area contributed by atoms with E-state index in [1.54, 1.807) is 48.7 Å². The Bertz CT molecular complexity index is 1310. The van der Waals surface area contributed by atoms with Crippen molar-refractivity contribution < 1.29 is 18.3 Å². The molecule has 1 saturated heterocycles. The Morgan fingerprint density at radius 3 is 2.44 bits per heavy atom. The van der Waals surface area contributed by atoms with Gasteiger partial charge in [0.05, 0.1) is 17.6 Å². The van der Waals surface area contributed by atoms with E-state index in [2.05, 4.69) is 20.3 Å². The van der Waals surface area contributed by atoms with Crippen LogP contribution in [0.5, 0.6) is 0 Å². The normalized spacial score (nSPS) is 16.0. The van der Waals surface area contributed by atoms with Crippen molar-refractivity contribution in [1.82, 2.24) is 18.9 Å². The van der Waals surface area contributed by atoms with Gasteiger partial charge < -0.3 is 15.3 Å². The fourth-order valence-electron chi connectivity index (χ4n) is 4.03. The number of rotatable bonds is 5. The van der Waals surface area contributed by atoms with Crippen molar-refractivity contribution in [2.75, 3.05) is 42.7 Å². The van der Waals surface area contributed by atoms with E-state index in [0.717, 1.165) is 11.5 Å². The summed E-state index contributed by atoms with van der Waals surface area (Å²) in [6.07, 6.45) is 1.90. The molecule has 0 bridgehead atoms. The molecule has 0 spiro atoms. The lowest BCUT2D eigenvalue weighted by molar-refractivity contribution is 0.0785. The van der Waals surface area contributed by atoms with E-state index in [9.17, 15) is 18.3 Å². The highest BCUT2D eigenvalue weighted by molar-refractivity contribution is 7.88. The van der Waals surface area contributed by atoms with Crippen LogP contribution < -0.4 is 10.2 Å². The fourth-order valence-corrected chi connectivity index (χ4v) is 4.91. The molecule has 4 rings (SSSR count). The molecule has 1 aliphatic heterocycles. The summed E-state index contributed by atoms with van der Waals surface area (Å²) in [5.41, 5.74) is 1.54. The second-order valence-corrected chi connectivity index (χ2v) is 11.1. The van der Waals surface area contributed by atoms with Crippen LogP contribution in [0.3, 0.4) is 0 Å². The van der Waals surface area contributed by atoms with Crippen molar-refractivity contribution in [3.63, 3.8) is 0 Å². The molecule has 1 aliphatic rings. The first-order chi connectivity index (χ1) is 15.9. The van der Waals surface area contributed by atoms with Gasteiger partial charge in [-0.1, -0.05) is 12.1 Å². The van der Waals surface area contributed by atoms with Crippen LogP contribution in [0.15, 0.2) is 36.4 Å². The molecule has 34 heavy (non-hydrogen) atoms. The summed E-state index contributed by atoms with van der Waals surface area (Å²) in [5, 5.41) is 17.5. The first-order valence-electron chi connectivity index (χ1n) is 11.1. The third-order valence-electron chi connectivity index (χ3n) is 5.87. The SMILES string of the molecule is Cc1cc2nc(NC(=O)c3ccc(C(C)(C)O)cc3)cc(N3CCCN(S(C)(=O)=O)CC3)n2n1. The summed E-state index contributed by atoms with van der Waals surface area (Å²) in [4.78, 5) is 19.5. The van der Waals surface area contributed by atoms with Crippen molar-refractivity contribution in [1.29, 1.82) is 0 Å². The van der Waals surface area contributed by atoms with Gasteiger partial charge in [-0.25, -0.2) is 17.7 Å². The molecule has 0 saturated carbocycles. The number of anilines is 2. The second kappa shape index (κ2) is 8.97. The Morgan fingerprint density at radius 2 is 1.79 bits per heavy atom. The van der Waals surface area contributed by atoms with E-state index in [4.69, 9.17) is 0 Å². The topological polar surface area (TPSA) is 120 Å². The number of hydrogen-bond donors (Lipinski definition) is 2. The van der Waals surface area contributed by atoms with Crippen LogP contribution in [-0.4, -0.2) is 70.8 Å². The van der Waals surface area contributed by atoms with Gasteiger partial charge in [-0.3, -0.25) is 4.79 Å². The number of fused-ring (bicyclic) bond motifs is 1. The summed E-state index contributed by atoms with van der Waals surface area (Å²) >= 11 is 0. The standard InChI is InChI=1S/C23H30N6O4S/c1-16-14-20-24-19(25-22(30)17-6-8-18(9-7-17)23(2,3)31)15-21(29(20)26-16)27-10-5-11-28(13-12-27)34(4,32)33/h6-9,14-15,31H,5,10-13H2,1-4H3,(H,24,25,30). The maximum atomic E-state index is 12.9. The Morgan fingerprint density at radius 1 is 1.09 bits per heavy atom. The minimum atomic E-state index is -3.26. The monoisotopic (exact) mass is 486 g/mol. The molecule has 1 aromatic carbocycles. The lowest BCUT2D eigenvalue weighted by Gasteiger charge is -2.24. The van der Waals surface area contributed by atoms with Gasteiger partial charge in [-0.05, 0) is 44.9 Å².